The largest absolute Gasteiger partial charge is 0.462 e. The third-order valence-electron chi connectivity index (χ3n) is 3.69. The predicted molar refractivity (Wildman–Crippen MR) is 86.3 cm³/mol. The van der Waals surface area contributed by atoms with Gasteiger partial charge in [0.2, 0.25) is 0 Å². The molecule has 21 heavy (non-hydrogen) atoms. The van der Waals surface area contributed by atoms with E-state index < -0.39 is 0 Å². The molecule has 0 bridgehead atoms. The van der Waals surface area contributed by atoms with Gasteiger partial charge in [-0.1, -0.05) is 18.3 Å². The van der Waals surface area contributed by atoms with Crippen LogP contribution in [0.25, 0.3) is 0 Å². The van der Waals surface area contributed by atoms with Gasteiger partial charge in [-0.3, -0.25) is 0 Å². The molecular formula is C15H25N3O2S. The minimum Gasteiger partial charge on any atom is -0.462 e. The maximum Gasteiger partial charge on any atom is 0.350 e. The van der Waals surface area contributed by atoms with Crippen LogP contribution in [0.5, 0.6) is 0 Å². The number of ether oxygens (including phenoxy) is 1. The highest BCUT2D eigenvalue weighted by atomic mass is 32.1. The normalized spacial score (nSPS) is 16.2. The molecule has 1 aromatic heterocycles. The van der Waals surface area contributed by atoms with Gasteiger partial charge in [-0.15, -0.1) is 0 Å². The van der Waals surface area contributed by atoms with Crippen molar-refractivity contribution in [2.45, 2.75) is 46.1 Å². The Morgan fingerprint density at radius 3 is 2.76 bits per heavy atom. The Bertz CT molecular complexity index is 467. The van der Waals surface area contributed by atoms with E-state index in [1.807, 2.05) is 13.8 Å². The number of thiazole rings is 1. The molecule has 5 nitrogen and oxygen atoms in total. The summed E-state index contributed by atoms with van der Waals surface area (Å²) in [6, 6.07) is 0.617. The fourth-order valence-corrected chi connectivity index (χ4v) is 3.54. The van der Waals surface area contributed by atoms with Crippen LogP contribution in [0.2, 0.25) is 0 Å². The van der Waals surface area contributed by atoms with E-state index in [2.05, 4.69) is 22.1 Å². The van der Waals surface area contributed by atoms with E-state index in [1.54, 1.807) is 0 Å². The summed E-state index contributed by atoms with van der Waals surface area (Å²) < 4.78 is 5.07. The molecule has 6 heteroatoms. The van der Waals surface area contributed by atoms with Crippen molar-refractivity contribution in [1.82, 2.24) is 10.3 Å². The zero-order valence-electron chi connectivity index (χ0n) is 13.1. The zero-order valence-corrected chi connectivity index (χ0v) is 14.0. The summed E-state index contributed by atoms with van der Waals surface area (Å²) in [5.41, 5.74) is 0.777. The van der Waals surface area contributed by atoms with Crippen molar-refractivity contribution in [2.75, 3.05) is 31.1 Å². The molecule has 0 radical (unpaired) electrons. The zero-order chi connectivity index (χ0) is 15.2. The van der Waals surface area contributed by atoms with Gasteiger partial charge in [0.05, 0.1) is 12.3 Å². The lowest BCUT2D eigenvalue weighted by Crippen LogP contribution is -2.42. The highest BCUT2D eigenvalue weighted by Crippen LogP contribution is 2.28. The van der Waals surface area contributed by atoms with Crippen LogP contribution in [0.4, 0.5) is 5.13 Å². The van der Waals surface area contributed by atoms with Crippen LogP contribution in [-0.4, -0.2) is 43.2 Å². The lowest BCUT2D eigenvalue weighted by atomic mass is 10.1. The smallest absolute Gasteiger partial charge is 0.350 e. The van der Waals surface area contributed by atoms with Crippen molar-refractivity contribution in [3.05, 3.63) is 10.6 Å². The van der Waals surface area contributed by atoms with E-state index in [4.69, 9.17) is 4.74 Å². The second kappa shape index (κ2) is 7.75. The Morgan fingerprint density at radius 2 is 2.14 bits per heavy atom. The van der Waals surface area contributed by atoms with Crippen molar-refractivity contribution in [3.8, 4) is 0 Å². The Balaban J connectivity index is 1.94. The number of aryl methyl sites for hydroxylation is 1. The molecule has 0 aliphatic carbocycles. The molecule has 0 unspecified atom stereocenters. The van der Waals surface area contributed by atoms with Gasteiger partial charge in [-0.2, -0.15) is 0 Å². The van der Waals surface area contributed by atoms with Crippen LogP contribution in [0.3, 0.4) is 0 Å². The molecule has 1 fully saturated rings. The van der Waals surface area contributed by atoms with Gasteiger partial charge in [0.15, 0.2) is 5.13 Å². The van der Waals surface area contributed by atoms with Crippen LogP contribution in [0.1, 0.15) is 48.5 Å². The number of piperidine rings is 1. The number of nitrogens with zero attached hydrogens (tertiary/aromatic N) is 2. The third-order valence-corrected chi connectivity index (χ3v) is 4.89. The van der Waals surface area contributed by atoms with E-state index in [9.17, 15) is 4.79 Å². The van der Waals surface area contributed by atoms with Gasteiger partial charge in [0, 0.05) is 19.1 Å². The number of aromatic nitrogens is 1. The second-order valence-electron chi connectivity index (χ2n) is 5.35. The molecule has 1 saturated heterocycles. The summed E-state index contributed by atoms with van der Waals surface area (Å²) in [5.74, 6) is -0.252. The Hall–Kier alpha value is -1.14. The maximum absolute atomic E-state index is 11.9. The van der Waals surface area contributed by atoms with Crippen molar-refractivity contribution < 1.29 is 9.53 Å². The van der Waals surface area contributed by atoms with E-state index in [0.717, 1.165) is 43.3 Å². The second-order valence-corrected chi connectivity index (χ2v) is 6.32. The highest BCUT2D eigenvalue weighted by Gasteiger charge is 2.23. The first-order valence-corrected chi connectivity index (χ1v) is 8.60. The molecule has 1 aliphatic heterocycles. The Morgan fingerprint density at radius 1 is 1.43 bits per heavy atom. The van der Waals surface area contributed by atoms with Crippen LogP contribution in [-0.2, 0) is 4.74 Å². The van der Waals surface area contributed by atoms with Crippen molar-refractivity contribution >= 4 is 22.4 Å². The van der Waals surface area contributed by atoms with E-state index in [0.29, 0.717) is 17.5 Å². The van der Waals surface area contributed by atoms with E-state index >= 15 is 0 Å². The lowest BCUT2D eigenvalue weighted by Gasteiger charge is -2.32. The van der Waals surface area contributed by atoms with Gasteiger partial charge in [0.25, 0.3) is 0 Å². The molecular weight excluding hydrogens is 286 g/mol. The van der Waals surface area contributed by atoms with Crippen LogP contribution in [0, 0.1) is 6.92 Å². The molecule has 2 heterocycles. The van der Waals surface area contributed by atoms with Crippen LogP contribution >= 0.6 is 11.3 Å². The lowest BCUT2D eigenvalue weighted by molar-refractivity contribution is 0.0531. The summed E-state index contributed by atoms with van der Waals surface area (Å²) >= 11 is 1.45. The fraction of sp³-hybridized carbons (Fsp3) is 0.733. The van der Waals surface area contributed by atoms with E-state index in [1.165, 1.54) is 17.8 Å². The first-order valence-electron chi connectivity index (χ1n) is 7.78. The molecule has 0 aromatic carbocycles. The SMILES string of the molecule is CCCNC1CCN(c2nc(C)c(C(=O)OCC)s2)CC1. The number of carbonyl (C=O) groups excluding carboxylic acids is 1. The summed E-state index contributed by atoms with van der Waals surface area (Å²) in [6.07, 6.45) is 3.44. The summed E-state index contributed by atoms with van der Waals surface area (Å²) in [7, 11) is 0. The van der Waals surface area contributed by atoms with Gasteiger partial charge in [-0.05, 0) is 39.7 Å². The number of hydrogen-bond acceptors (Lipinski definition) is 6. The number of hydrogen-bond donors (Lipinski definition) is 1. The summed E-state index contributed by atoms with van der Waals surface area (Å²) in [4.78, 5) is 19.3. The van der Waals surface area contributed by atoms with Crippen LogP contribution in [0.15, 0.2) is 0 Å². The van der Waals surface area contributed by atoms with Gasteiger partial charge in [-0.25, -0.2) is 9.78 Å². The summed E-state index contributed by atoms with van der Waals surface area (Å²) in [6.45, 7) is 9.38. The molecule has 0 amide bonds. The number of nitrogens with one attached hydrogen (secondary N) is 1. The maximum atomic E-state index is 11.9. The van der Waals surface area contributed by atoms with E-state index in [-0.39, 0.29) is 5.97 Å². The number of rotatable bonds is 6. The minimum absolute atomic E-state index is 0.252. The van der Waals surface area contributed by atoms with Crippen molar-refractivity contribution in [3.63, 3.8) is 0 Å². The third kappa shape index (κ3) is 4.17. The van der Waals surface area contributed by atoms with Crippen LogP contribution < -0.4 is 10.2 Å². The summed E-state index contributed by atoms with van der Waals surface area (Å²) in [5, 5.41) is 4.53. The number of esters is 1. The quantitative estimate of drug-likeness (QED) is 0.818. The number of anilines is 1. The predicted octanol–water partition coefficient (Wildman–Crippen LogP) is 2.60. The molecule has 1 aromatic rings. The van der Waals surface area contributed by atoms with Gasteiger partial charge in [0.1, 0.15) is 4.88 Å². The standard InChI is InChI=1S/C15H25N3O2S/c1-4-8-16-12-6-9-18(10-7-12)15-17-11(3)13(21-15)14(19)20-5-2/h12,16H,4-10H2,1-3H3. The molecule has 1 N–H and O–H groups in total. The molecule has 0 saturated carbocycles. The first kappa shape index (κ1) is 16.2. The average Bonchev–Trinajstić information content (AvgIpc) is 2.88. The van der Waals surface area contributed by atoms with Gasteiger partial charge < -0.3 is 15.0 Å². The first-order chi connectivity index (χ1) is 10.2. The Labute approximate surface area is 130 Å². The molecule has 2 rings (SSSR count). The Kier molecular flexibility index (Phi) is 5.99. The topological polar surface area (TPSA) is 54.5 Å². The molecule has 0 spiro atoms. The number of carbonyl (C=O) groups is 1. The molecule has 0 atom stereocenters. The minimum atomic E-state index is -0.252. The molecule has 1 aliphatic rings. The fourth-order valence-electron chi connectivity index (χ4n) is 2.53. The van der Waals surface area contributed by atoms with Gasteiger partial charge >= 0.3 is 5.97 Å². The van der Waals surface area contributed by atoms with Crippen molar-refractivity contribution in [1.29, 1.82) is 0 Å². The molecule has 118 valence electrons. The monoisotopic (exact) mass is 311 g/mol. The average molecular weight is 311 g/mol. The highest BCUT2D eigenvalue weighted by molar-refractivity contribution is 7.17. The van der Waals surface area contributed by atoms with Crippen molar-refractivity contribution in [2.24, 2.45) is 0 Å².